The molecule has 20 heavy (non-hydrogen) atoms. The highest BCUT2D eigenvalue weighted by molar-refractivity contribution is 9.08. The topological polar surface area (TPSA) is 6.48 Å². The van der Waals surface area contributed by atoms with E-state index in [-0.39, 0.29) is 0 Å². The zero-order chi connectivity index (χ0) is 15.0. The van der Waals surface area contributed by atoms with Gasteiger partial charge in [0.2, 0.25) is 0 Å². The van der Waals surface area contributed by atoms with Gasteiger partial charge < -0.3 is 9.80 Å². The molecule has 0 N–H and O–H groups in total. The van der Waals surface area contributed by atoms with Crippen molar-refractivity contribution in [2.24, 2.45) is 0 Å². The number of anilines is 1. The van der Waals surface area contributed by atoms with Gasteiger partial charge in [-0.3, -0.25) is 0 Å². The summed E-state index contributed by atoms with van der Waals surface area (Å²) >= 11 is 3.62. The second kappa shape index (κ2) is 9.41. The van der Waals surface area contributed by atoms with Crippen molar-refractivity contribution in [1.82, 2.24) is 4.90 Å². The summed E-state index contributed by atoms with van der Waals surface area (Å²) in [5.41, 5.74) is 4.12. The van der Waals surface area contributed by atoms with Gasteiger partial charge in [0.05, 0.1) is 0 Å². The predicted molar refractivity (Wildman–Crippen MR) is 94.1 cm³/mol. The van der Waals surface area contributed by atoms with E-state index in [1.54, 1.807) is 0 Å². The maximum Gasteiger partial charge on any atom is 0.0407 e. The molecular weight excluding hydrogens is 312 g/mol. The zero-order valence-electron chi connectivity index (χ0n) is 13.5. The SMILES string of the molecule is CCN(CC)CCCN(CC)c1ccc(C)cc1CBr. The molecule has 0 aliphatic rings. The lowest BCUT2D eigenvalue weighted by atomic mass is 10.1. The third-order valence-electron chi connectivity index (χ3n) is 3.90. The van der Waals surface area contributed by atoms with E-state index in [9.17, 15) is 0 Å². The largest absolute Gasteiger partial charge is 0.372 e. The Labute approximate surface area is 133 Å². The first-order valence-electron chi connectivity index (χ1n) is 7.78. The van der Waals surface area contributed by atoms with Gasteiger partial charge in [0.15, 0.2) is 0 Å². The fraction of sp³-hybridized carbons (Fsp3) is 0.647. The average Bonchev–Trinajstić information content (AvgIpc) is 2.48. The van der Waals surface area contributed by atoms with E-state index in [1.807, 2.05) is 0 Å². The molecule has 3 heteroatoms. The molecule has 0 heterocycles. The molecule has 0 saturated carbocycles. The quantitative estimate of drug-likeness (QED) is 0.613. The van der Waals surface area contributed by atoms with Crippen molar-refractivity contribution >= 4 is 21.6 Å². The van der Waals surface area contributed by atoms with Crippen LogP contribution in [0.15, 0.2) is 18.2 Å². The van der Waals surface area contributed by atoms with Crippen LogP contribution in [0.1, 0.15) is 38.3 Å². The Hall–Kier alpha value is -0.540. The van der Waals surface area contributed by atoms with E-state index in [0.717, 1.165) is 31.5 Å². The van der Waals surface area contributed by atoms with Gasteiger partial charge in [0, 0.05) is 24.1 Å². The van der Waals surface area contributed by atoms with Gasteiger partial charge in [-0.15, -0.1) is 0 Å². The molecule has 0 atom stereocenters. The van der Waals surface area contributed by atoms with Gasteiger partial charge >= 0.3 is 0 Å². The molecule has 114 valence electrons. The zero-order valence-corrected chi connectivity index (χ0v) is 15.0. The first kappa shape index (κ1) is 17.5. The number of halogens is 1. The number of hydrogen-bond acceptors (Lipinski definition) is 2. The van der Waals surface area contributed by atoms with Crippen molar-refractivity contribution in [1.29, 1.82) is 0 Å². The van der Waals surface area contributed by atoms with Crippen LogP contribution in [-0.2, 0) is 5.33 Å². The molecule has 0 aliphatic carbocycles. The Bertz CT molecular complexity index is 389. The smallest absolute Gasteiger partial charge is 0.0407 e. The lowest BCUT2D eigenvalue weighted by molar-refractivity contribution is 0.300. The summed E-state index contributed by atoms with van der Waals surface area (Å²) in [7, 11) is 0. The Balaban J connectivity index is 2.66. The molecule has 2 nitrogen and oxygen atoms in total. The third-order valence-corrected chi connectivity index (χ3v) is 4.50. The van der Waals surface area contributed by atoms with Gasteiger partial charge in [0.25, 0.3) is 0 Å². The molecule has 1 rings (SSSR count). The van der Waals surface area contributed by atoms with E-state index >= 15 is 0 Å². The van der Waals surface area contributed by atoms with Crippen molar-refractivity contribution in [3.8, 4) is 0 Å². The Morgan fingerprint density at radius 2 is 1.70 bits per heavy atom. The highest BCUT2D eigenvalue weighted by Crippen LogP contribution is 2.24. The first-order chi connectivity index (χ1) is 9.65. The van der Waals surface area contributed by atoms with Crippen molar-refractivity contribution < 1.29 is 0 Å². The van der Waals surface area contributed by atoms with E-state index in [0.29, 0.717) is 0 Å². The van der Waals surface area contributed by atoms with Gasteiger partial charge in [-0.25, -0.2) is 0 Å². The Morgan fingerprint density at radius 1 is 1.00 bits per heavy atom. The highest BCUT2D eigenvalue weighted by atomic mass is 79.9. The Morgan fingerprint density at radius 3 is 2.25 bits per heavy atom. The van der Waals surface area contributed by atoms with Crippen LogP contribution < -0.4 is 4.90 Å². The fourth-order valence-corrected chi connectivity index (χ4v) is 3.05. The summed E-state index contributed by atoms with van der Waals surface area (Å²) in [4.78, 5) is 4.99. The second-order valence-corrected chi connectivity index (χ2v) is 5.79. The van der Waals surface area contributed by atoms with Crippen LogP contribution in [0.25, 0.3) is 0 Å². The van der Waals surface area contributed by atoms with Crippen molar-refractivity contribution in [3.05, 3.63) is 29.3 Å². The number of aryl methyl sites for hydroxylation is 1. The van der Waals surface area contributed by atoms with Crippen LogP contribution in [0.2, 0.25) is 0 Å². The van der Waals surface area contributed by atoms with E-state index in [4.69, 9.17) is 0 Å². The van der Waals surface area contributed by atoms with Crippen LogP contribution in [0.4, 0.5) is 5.69 Å². The molecular formula is C17H29BrN2. The fourth-order valence-electron chi connectivity index (χ4n) is 2.60. The number of hydrogen-bond donors (Lipinski definition) is 0. The second-order valence-electron chi connectivity index (χ2n) is 5.23. The van der Waals surface area contributed by atoms with Crippen LogP contribution in [0.5, 0.6) is 0 Å². The van der Waals surface area contributed by atoms with E-state index in [1.165, 1.54) is 29.8 Å². The van der Waals surface area contributed by atoms with Crippen LogP contribution in [0, 0.1) is 6.92 Å². The van der Waals surface area contributed by atoms with Crippen molar-refractivity contribution in [2.45, 2.75) is 39.4 Å². The summed E-state index contributed by atoms with van der Waals surface area (Å²) in [5, 5.41) is 0.927. The summed E-state index contributed by atoms with van der Waals surface area (Å²) in [6, 6.07) is 6.78. The molecule has 0 radical (unpaired) electrons. The predicted octanol–water partition coefficient (Wildman–Crippen LogP) is 4.45. The molecule has 0 aliphatic heterocycles. The molecule has 0 aromatic heterocycles. The highest BCUT2D eigenvalue weighted by Gasteiger charge is 2.10. The molecule has 0 saturated heterocycles. The number of benzene rings is 1. The third kappa shape index (κ3) is 5.10. The number of nitrogens with zero attached hydrogens (tertiary/aromatic N) is 2. The summed E-state index contributed by atoms with van der Waals surface area (Å²) in [5.74, 6) is 0. The van der Waals surface area contributed by atoms with Gasteiger partial charge in [-0.2, -0.15) is 0 Å². The maximum absolute atomic E-state index is 3.62. The van der Waals surface area contributed by atoms with Gasteiger partial charge in [-0.1, -0.05) is 47.5 Å². The Kier molecular flexibility index (Phi) is 8.24. The molecule has 1 aromatic carbocycles. The van der Waals surface area contributed by atoms with Crippen molar-refractivity contribution in [2.75, 3.05) is 37.6 Å². The first-order valence-corrected chi connectivity index (χ1v) is 8.91. The van der Waals surface area contributed by atoms with Crippen LogP contribution >= 0.6 is 15.9 Å². The number of rotatable bonds is 9. The summed E-state index contributed by atoms with van der Waals surface area (Å²) < 4.78 is 0. The van der Waals surface area contributed by atoms with Crippen LogP contribution in [0.3, 0.4) is 0 Å². The van der Waals surface area contributed by atoms with E-state index in [2.05, 4.69) is 71.6 Å². The van der Waals surface area contributed by atoms with Gasteiger partial charge in [-0.05, 0) is 51.5 Å². The number of alkyl halides is 1. The average molecular weight is 341 g/mol. The lowest BCUT2D eigenvalue weighted by Gasteiger charge is -2.27. The molecule has 0 fully saturated rings. The normalized spacial score (nSPS) is 11.1. The summed E-state index contributed by atoms with van der Waals surface area (Å²) in [6.45, 7) is 14.6. The van der Waals surface area contributed by atoms with Crippen LogP contribution in [-0.4, -0.2) is 37.6 Å². The molecule has 0 unspecified atom stereocenters. The van der Waals surface area contributed by atoms with Gasteiger partial charge in [0.1, 0.15) is 0 Å². The standard InChI is InChI=1S/C17H29BrN2/c1-5-19(6-2)11-8-12-20(7-3)17-10-9-15(4)13-16(17)14-18/h9-10,13H,5-8,11-12,14H2,1-4H3. The maximum atomic E-state index is 3.62. The van der Waals surface area contributed by atoms with Crippen molar-refractivity contribution in [3.63, 3.8) is 0 Å². The lowest BCUT2D eigenvalue weighted by Crippen LogP contribution is -2.30. The van der Waals surface area contributed by atoms with E-state index < -0.39 is 0 Å². The minimum absolute atomic E-state index is 0.927. The minimum atomic E-state index is 0.927. The molecule has 1 aromatic rings. The molecule has 0 amide bonds. The molecule has 0 bridgehead atoms. The monoisotopic (exact) mass is 340 g/mol. The minimum Gasteiger partial charge on any atom is -0.372 e. The summed E-state index contributed by atoms with van der Waals surface area (Å²) in [6.07, 6.45) is 1.23. The molecule has 0 spiro atoms.